The number of rotatable bonds is 6. The van der Waals surface area contributed by atoms with Gasteiger partial charge in [-0.2, -0.15) is 5.26 Å². The maximum Gasteiger partial charge on any atom is 0.243 e. The zero-order chi connectivity index (χ0) is 13.8. The van der Waals surface area contributed by atoms with Crippen LogP contribution < -0.4 is 0 Å². The van der Waals surface area contributed by atoms with E-state index in [4.69, 9.17) is 5.11 Å². The van der Waals surface area contributed by atoms with E-state index < -0.39 is 5.41 Å². The molecule has 0 aliphatic heterocycles. The highest BCUT2D eigenvalue weighted by molar-refractivity contribution is 5.86. The van der Waals surface area contributed by atoms with Gasteiger partial charge in [0.25, 0.3) is 0 Å². The lowest BCUT2D eigenvalue weighted by molar-refractivity contribution is -0.148. The third-order valence-corrected chi connectivity index (χ3v) is 4.00. The van der Waals surface area contributed by atoms with Crippen molar-refractivity contribution in [3.05, 3.63) is 0 Å². The maximum absolute atomic E-state index is 12.6. The summed E-state index contributed by atoms with van der Waals surface area (Å²) in [5.41, 5.74) is -0.822. The molecule has 0 radical (unpaired) electrons. The van der Waals surface area contributed by atoms with Crippen molar-refractivity contribution in [1.29, 1.82) is 5.26 Å². The molecule has 1 aliphatic carbocycles. The Labute approximate surface area is 110 Å². The summed E-state index contributed by atoms with van der Waals surface area (Å²) in [7, 11) is 0. The highest BCUT2D eigenvalue weighted by atomic mass is 16.3. The third-order valence-electron chi connectivity index (χ3n) is 4.00. The van der Waals surface area contributed by atoms with Crippen molar-refractivity contribution in [2.24, 2.45) is 11.3 Å². The fourth-order valence-electron chi connectivity index (χ4n) is 3.01. The average Bonchev–Trinajstić information content (AvgIpc) is 2.34. The second-order valence-electron chi connectivity index (χ2n) is 5.40. The monoisotopic (exact) mass is 252 g/mol. The van der Waals surface area contributed by atoms with Crippen LogP contribution in [0.15, 0.2) is 0 Å². The van der Waals surface area contributed by atoms with Crippen molar-refractivity contribution >= 4 is 5.91 Å². The van der Waals surface area contributed by atoms with Crippen molar-refractivity contribution in [3.63, 3.8) is 0 Å². The molecule has 0 aromatic carbocycles. The van der Waals surface area contributed by atoms with E-state index in [-0.39, 0.29) is 18.6 Å². The Morgan fingerprint density at radius 3 is 2.39 bits per heavy atom. The minimum Gasteiger partial charge on any atom is -0.395 e. The molecule has 4 nitrogen and oxygen atoms in total. The number of carbonyl (C=O) groups is 1. The summed E-state index contributed by atoms with van der Waals surface area (Å²) in [6.07, 6.45) is 3.04. The SMILES string of the molecule is CCC(CC)N(CCO)C(=O)C1(C#N)CC(C)C1. The van der Waals surface area contributed by atoms with Crippen molar-refractivity contribution < 1.29 is 9.90 Å². The minimum atomic E-state index is -0.822. The summed E-state index contributed by atoms with van der Waals surface area (Å²) < 4.78 is 0. The van der Waals surface area contributed by atoms with Gasteiger partial charge in [-0.05, 0) is 31.6 Å². The molecule has 1 aliphatic rings. The molecule has 0 aromatic rings. The Morgan fingerprint density at radius 2 is 2.06 bits per heavy atom. The lowest BCUT2D eigenvalue weighted by atomic mass is 9.62. The largest absolute Gasteiger partial charge is 0.395 e. The lowest BCUT2D eigenvalue weighted by Gasteiger charge is -2.44. The minimum absolute atomic E-state index is 0.0424. The van der Waals surface area contributed by atoms with Gasteiger partial charge >= 0.3 is 0 Å². The topological polar surface area (TPSA) is 64.3 Å². The number of nitriles is 1. The second-order valence-corrected chi connectivity index (χ2v) is 5.40. The summed E-state index contributed by atoms with van der Waals surface area (Å²) in [6.45, 7) is 6.43. The van der Waals surface area contributed by atoms with Gasteiger partial charge in [0.1, 0.15) is 5.41 Å². The van der Waals surface area contributed by atoms with E-state index in [0.29, 0.717) is 25.3 Å². The Kier molecular flexibility index (Phi) is 5.15. The first-order valence-electron chi connectivity index (χ1n) is 6.87. The molecule has 18 heavy (non-hydrogen) atoms. The number of hydrogen-bond donors (Lipinski definition) is 1. The van der Waals surface area contributed by atoms with Gasteiger partial charge in [0.15, 0.2) is 0 Å². The molecule has 0 bridgehead atoms. The van der Waals surface area contributed by atoms with E-state index in [9.17, 15) is 10.1 Å². The molecule has 1 saturated carbocycles. The summed E-state index contributed by atoms with van der Waals surface area (Å²) in [6, 6.07) is 2.34. The van der Waals surface area contributed by atoms with E-state index >= 15 is 0 Å². The highest BCUT2D eigenvalue weighted by Gasteiger charge is 2.51. The average molecular weight is 252 g/mol. The Morgan fingerprint density at radius 1 is 1.50 bits per heavy atom. The normalized spacial score (nSPS) is 26.6. The van der Waals surface area contributed by atoms with Crippen LogP contribution in [-0.4, -0.2) is 35.1 Å². The zero-order valence-corrected chi connectivity index (χ0v) is 11.6. The number of amides is 1. The van der Waals surface area contributed by atoms with E-state index in [0.717, 1.165) is 12.8 Å². The summed E-state index contributed by atoms with van der Waals surface area (Å²) in [5, 5.41) is 18.4. The zero-order valence-electron chi connectivity index (χ0n) is 11.6. The molecular weight excluding hydrogens is 228 g/mol. The molecule has 1 fully saturated rings. The number of nitrogens with zero attached hydrogens (tertiary/aromatic N) is 2. The Hall–Kier alpha value is -1.08. The highest BCUT2D eigenvalue weighted by Crippen LogP contribution is 2.46. The van der Waals surface area contributed by atoms with E-state index in [1.807, 2.05) is 13.8 Å². The van der Waals surface area contributed by atoms with Gasteiger partial charge in [-0.25, -0.2) is 0 Å². The molecular formula is C14H24N2O2. The van der Waals surface area contributed by atoms with Crippen molar-refractivity contribution in [2.45, 2.75) is 52.5 Å². The Bertz CT molecular complexity index is 325. The quantitative estimate of drug-likeness (QED) is 0.785. The molecule has 102 valence electrons. The number of aliphatic hydroxyl groups is 1. The molecule has 0 spiro atoms. The lowest BCUT2D eigenvalue weighted by Crippen LogP contribution is -2.53. The summed E-state index contributed by atoms with van der Waals surface area (Å²) >= 11 is 0. The van der Waals surface area contributed by atoms with Crippen LogP contribution in [0.25, 0.3) is 0 Å². The first-order chi connectivity index (χ1) is 8.54. The first-order valence-corrected chi connectivity index (χ1v) is 6.87. The molecule has 4 heteroatoms. The van der Waals surface area contributed by atoms with Crippen LogP contribution in [0, 0.1) is 22.7 Å². The van der Waals surface area contributed by atoms with Crippen LogP contribution in [0.5, 0.6) is 0 Å². The predicted molar refractivity (Wildman–Crippen MR) is 69.6 cm³/mol. The maximum atomic E-state index is 12.6. The van der Waals surface area contributed by atoms with Gasteiger partial charge in [0.05, 0.1) is 12.7 Å². The molecule has 1 amide bonds. The van der Waals surface area contributed by atoms with Gasteiger partial charge < -0.3 is 10.0 Å². The fraction of sp³-hybridized carbons (Fsp3) is 0.857. The molecule has 0 unspecified atom stereocenters. The predicted octanol–water partition coefficient (Wildman–Crippen LogP) is 1.94. The number of aliphatic hydroxyl groups excluding tert-OH is 1. The van der Waals surface area contributed by atoms with E-state index in [2.05, 4.69) is 13.0 Å². The third kappa shape index (κ3) is 2.67. The molecule has 0 aromatic heterocycles. The fourth-order valence-corrected chi connectivity index (χ4v) is 3.01. The molecule has 0 heterocycles. The van der Waals surface area contributed by atoms with Crippen molar-refractivity contribution in [3.8, 4) is 6.07 Å². The van der Waals surface area contributed by atoms with E-state index in [1.165, 1.54) is 0 Å². The number of hydrogen-bond acceptors (Lipinski definition) is 3. The second kappa shape index (κ2) is 6.19. The van der Waals surface area contributed by atoms with Gasteiger partial charge in [-0.1, -0.05) is 20.8 Å². The van der Waals surface area contributed by atoms with Gasteiger partial charge in [0, 0.05) is 12.6 Å². The van der Waals surface area contributed by atoms with Gasteiger partial charge in [-0.3, -0.25) is 4.79 Å². The smallest absolute Gasteiger partial charge is 0.243 e. The molecule has 1 N–H and O–H groups in total. The van der Waals surface area contributed by atoms with E-state index in [1.54, 1.807) is 4.90 Å². The van der Waals surface area contributed by atoms with Crippen molar-refractivity contribution in [2.75, 3.05) is 13.2 Å². The molecule has 0 saturated heterocycles. The van der Waals surface area contributed by atoms with Gasteiger partial charge in [-0.15, -0.1) is 0 Å². The number of carbonyl (C=O) groups excluding carboxylic acids is 1. The van der Waals surface area contributed by atoms with Crippen LogP contribution in [0.1, 0.15) is 46.5 Å². The van der Waals surface area contributed by atoms with Crippen LogP contribution in [0.2, 0.25) is 0 Å². The molecule has 1 rings (SSSR count). The summed E-state index contributed by atoms with van der Waals surface area (Å²) in [4.78, 5) is 14.3. The van der Waals surface area contributed by atoms with Crippen LogP contribution >= 0.6 is 0 Å². The van der Waals surface area contributed by atoms with Crippen LogP contribution in [-0.2, 0) is 4.79 Å². The van der Waals surface area contributed by atoms with Gasteiger partial charge in [0.2, 0.25) is 5.91 Å². The van der Waals surface area contributed by atoms with Crippen LogP contribution in [0.3, 0.4) is 0 Å². The summed E-state index contributed by atoms with van der Waals surface area (Å²) in [5.74, 6) is 0.372. The van der Waals surface area contributed by atoms with Crippen LogP contribution in [0.4, 0.5) is 0 Å². The Balaban J connectivity index is 2.86. The molecule has 0 atom stereocenters. The first kappa shape index (κ1) is 15.0. The standard InChI is InChI=1S/C14H24N2O2/c1-4-12(5-2)16(6-7-17)13(18)14(10-15)8-11(3)9-14/h11-12,17H,4-9H2,1-3H3. The van der Waals surface area contributed by atoms with Crippen molar-refractivity contribution in [1.82, 2.24) is 4.90 Å².